The third-order valence-electron chi connectivity index (χ3n) is 4.79. The van der Waals surface area contributed by atoms with Gasteiger partial charge in [-0.3, -0.25) is 0 Å². The van der Waals surface area contributed by atoms with Gasteiger partial charge in [-0.2, -0.15) is 0 Å². The van der Waals surface area contributed by atoms with E-state index in [1.807, 2.05) is 54.6 Å². The fourth-order valence-electron chi connectivity index (χ4n) is 3.29. The summed E-state index contributed by atoms with van der Waals surface area (Å²) in [5.74, 6) is -1.73. The van der Waals surface area contributed by atoms with Gasteiger partial charge in [-0.15, -0.1) is 0 Å². The van der Waals surface area contributed by atoms with Gasteiger partial charge in [0.25, 0.3) is 0 Å². The van der Waals surface area contributed by atoms with Gasteiger partial charge in [0.05, 0.1) is 11.5 Å². The van der Waals surface area contributed by atoms with Crippen molar-refractivity contribution in [1.82, 2.24) is 4.98 Å². The van der Waals surface area contributed by atoms with Gasteiger partial charge in [0.1, 0.15) is 12.4 Å². The van der Waals surface area contributed by atoms with E-state index in [-0.39, 0.29) is 23.4 Å². The number of fused-ring (bicyclic) bond motifs is 1. The lowest BCUT2D eigenvalue weighted by atomic mass is 10.0. The van der Waals surface area contributed by atoms with Crippen molar-refractivity contribution in [1.29, 1.82) is 0 Å². The van der Waals surface area contributed by atoms with E-state index < -0.39 is 11.8 Å². The maximum atomic E-state index is 13.6. The number of halogens is 1. The molecule has 0 saturated heterocycles. The minimum absolute atomic E-state index is 0.107. The van der Waals surface area contributed by atoms with Crippen LogP contribution in [0.3, 0.4) is 0 Å². The lowest BCUT2D eigenvalue weighted by Gasteiger charge is -2.16. The predicted molar refractivity (Wildman–Crippen MR) is 107 cm³/mol. The largest absolute Gasteiger partial charge is 0.545 e. The minimum Gasteiger partial charge on any atom is -0.545 e. The number of rotatable bonds is 5. The highest BCUT2D eigenvalue weighted by Gasteiger charge is 2.15. The molecule has 0 amide bonds. The SMILES string of the molecule is Cc1c(OCc2ccc(-c3ccccc3)cc2)nc2ccc(F)cc2c1C(=O)[O-]. The average molecular weight is 386 g/mol. The van der Waals surface area contributed by atoms with E-state index in [0.29, 0.717) is 11.1 Å². The van der Waals surface area contributed by atoms with Crippen LogP contribution in [0.5, 0.6) is 5.88 Å². The highest BCUT2D eigenvalue weighted by atomic mass is 19.1. The monoisotopic (exact) mass is 386 g/mol. The minimum atomic E-state index is -1.39. The molecule has 4 nitrogen and oxygen atoms in total. The normalized spacial score (nSPS) is 10.8. The van der Waals surface area contributed by atoms with Crippen LogP contribution in [0.4, 0.5) is 4.39 Å². The van der Waals surface area contributed by atoms with E-state index in [2.05, 4.69) is 4.98 Å². The van der Waals surface area contributed by atoms with Crippen LogP contribution < -0.4 is 9.84 Å². The first-order valence-electron chi connectivity index (χ1n) is 9.11. The number of pyridine rings is 1. The van der Waals surface area contributed by atoms with Crippen LogP contribution in [0.25, 0.3) is 22.0 Å². The summed E-state index contributed by atoms with van der Waals surface area (Å²) in [4.78, 5) is 16.0. The smallest absolute Gasteiger partial charge is 0.217 e. The van der Waals surface area contributed by atoms with Gasteiger partial charge in [0.15, 0.2) is 0 Å². The molecular formula is C24H17FNO3-. The third kappa shape index (κ3) is 3.80. The van der Waals surface area contributed by atoms with Crippen LogP contribution in [0, 0.1) is 12.7 Å². The van der Waals surface area contributed by atoms with E-state index in [9.17, 15) is 14.3 Å². The Hall–Kier alpha value is -3.73. The van der Waals surface area contributed by atoms with Crippen molar-refractivity contribution in [3.05, 3.63) is 95.3 Å². The van der Waals surface area contributed by atoms with E-state index >= 15 is 0 Å². The lowest BCUT2D eigenvalue weighted by molar-refractivity contribution is -0.254. The van der Waals surface area contributed by atoms with Crippen molar-refractivity contribution >= 4 is 16.9 Å². The van der Waals surface area contributed by atoms with E-state index in [1.54, 1.807) is 6.92 Å². The first kappa shape index (κ1) is 18.6. The molecule has 1 aromatic heterocycles. The number of hydrogen-bond donors (Lipinski definition) is 0. The standard InChI is InChI=1S/C24H18FNO3/c1-15-22(24(27)28)20-13-19(25)11-12-21(20)26-23(15)29-14-16-7-9-18(10-8-16)17-5-3-2-4-6-17/h2-13H,14H2,1H3,(H,27,28)/p-1. The molecule has 29 heavy (non-hydrogen) atoms. The molecule has 0 aliphatic carbocycles. The van der Waals surface area contributed by atoms with Gasteiger partial charge in [-0.05, 0) is 41.8 Å². The van der Waals surface area contributed by atoms with Crippen molar-refractivity contribution in [2.24, 2.45) is 0 Å². The Kier molecular flexibility index (Phi) is 4.96. The molecule has 0 aliphatic rings. The molecule has 4 aromatic rings. The highest BCUT2D eigenvalue weighted by Crippen LogP contribution is 2.28. The van der Waals surface area contributed by atoms with Crippen molar-refractivity contribution in [2.45, 2.75) is 13.5 Å². The van der Waals surface area contributed by atoms with Crippen molar-refractivity contribution in [3.63, 3.8) is 0 Å². The molecule has 0 N–H and O–H groups in total. The van der Waals surface area contributed by atoms with Crippen LogP contribution >= 0.6 is 0 Å². The van der Waals surface area contributed by atoms with Crippen LogP contribution in [-0.4, -0.2) is 11.0 Å². The third-order valence-corrected chi connectivity index (χ3v) is 4.79. The van der Waals surface area contributed by atoms with Crippen LogP contribution in [0.1, 0.15) is 21.5 Å². The topological polar surface area (TPSA) is 62.2 Å². The van der Waals surface area contributed by atoms with Crippen molar-refractivity contribution in [2.75, 3.05) is 0 Å². The Morgan fingerprint density at radius 1 is 1.00 bits per heavy atom. The number of carbonyl (C=O) groups is 1. The second-order valence-electron chi connectivity index (χ2n) is 6.72. The number of carboxylic acids is 1. The summed E-state index contributed by atoms with van der Waals surface area (Å²) in [6.07, 6.45) is 0. The van der Waals surface area contributed by atoms with Crippen molar-refractivity contribution in [3.8, 4) is 17.0 Å². The lowest BCUT2D eigenvalue weighted by Crippen LogP contribution is -2.24. The zero-order valence-corrected chi connectivity index (χ0v) is 15.7. The zero-order chi connectivity index (χ0) is 20.4. The van der Waals surface area contributed by atoms with Crippen LogP contribution in [0.15, 0.2) is 72.8 Å². The van der Waals surface area contributed by atoms with E-state index in [0.717, 1.165) is 22.8 Å². The van der Waals surface area contributed by atoms with Gasteiger partial charge >= 0.3 is 0 Å². The number of carboxylic acid groups (broad SMARTS) is 1. The molecule has 3 aromatic carbocycles. The van der Waals surface area contributed by atoms with Gasteiger partial charge in [0, 0.05) is 16.5 Å². The molecule has 0 aliphatic heterocycles. The molecule has 0 bridgehead atoms. The van der Waals surface area contributed by atoms with Crippen LogP contribution in [-0.2, 0) is 6.61 Å². The van der Waals surface area contributed by atoms with E-state index in [1.165, 1.54) is 12.1 Å². The zero-order valence-electron chi connectivity index (χ0n) is 15.7. The number of hydrogen-bond acceptors (Lipinski definition) is 4. The summed E-state index contributed by atoms with van der Waals surface area (Å²) in [6.45, 7) is 1.80. The quantitative estimate of drug-likeness (QED) is 0.513. The predicted octanol–water partition coefficient (Wildman–Crippen LogP) is 4.29. The van der Waals surface area contributed by atoms with E-state index in [4.69, 9.17) is 4.74 Å². The number of aromatic nitrogens is 1. The summed E-state index contributed by atoms with van der Waals surface area (Å²) >= 11 is 0. The Morgan fingerprint density at radius 2 is 1.69 bits per heavy atom. The number of nitrogens with zero attached hydrogens (tertiary/aromatic N) is 1. The molecule has 0 atom stereocenters. The van der Waals surface area contributed by atoms with Gasteiger partial charge < -0.3 is 14.6 Å². The molecular weight excluding hydrogens is 369 g/mol. The van der Waals surface area contributed by atoms with Gasteiger partial charge in [0.2, 0.25) is 5.88 Å². The summed E-state index contributed by atoms with van der Waals surface area (Å²) in [7, 11) is 0. The van der Waals surface area contributed by atoms with Gasteiger partial charge in [-0.1, -0.05) is 54.6 Å². The maximum absolute atomic E-state index is 13.6. The molecule has 0 saturated carbocycles. The second kappa shape index (κ2) is 7.72. The highest BCUT2D eigenvalue weighted by molar-refractivity contribution is 6.03. The number of ether oxygens (including phenoxy) is 1. The number of aromatic carboxylic acids is 1. The Morgan fingerprint density at radius 3 is 2.38 bits per heavy atom. The molecule has 1 heterocycles. The summed E-state index contributed by atoms with van der Waals surface area (Å²) in [5, 5.41) is 11.8. The average Bonchev–Trinajstić information content (AvgIpc) is 2.73. The fourth-order valence-corrected chi connectivity index (χ4v) is 3.29. The second-order valence-corrected chi connectivity index (χ2v) is 6.72. The summed E-state index contributed by atoms with van der Waals surface area (Å²) in [6, 6.07) is 21.7. The molecule has 0 unspecified atom stereocenters. The Labute approximate surface area is 167 Å². The molecule has 0 fully saturated rings. The first-order valence-corrected chi connectivity index (χ1v) is 9.11. The molecule has 144 valence electrons. The number of benzene rings is 3. The number of carbonyl (C=O) groups excluding carboxylic acids is 1. The Balaban J connectivity index is 1.61. The molecule has 5 heteroatoms. The van der Waals surface area contributed by atoms with Crippen LogP contribution in [0.2, 0.25) is 0 Å². The summed E-state index contributed by atoms with van der Waals surface area (Å²) in [5.41, 5.74) is 3.67. The van der Waals surface area contributed by atoms with Crippen molar-refractivity contribution < 1.29 is 19.0 Å². The fraction of sp³-hybridized carbons (Fsp3) is 0.0833. The Bertz CT molecular complexity index is 1190. The first-order chi connectivity index (χ1) is 14.0. The molecule has 0 radical (unpaired) electrons. The van der Waals surface area contributed by atoms with Gasteiger partial charge in [-0.25, -0.2) is 9.37 Å². The maximum Gasteiger partial charge on any atom is 0.217 e. The molecule has 0 spiro atoms. The summed E-state index contributed by atoms with van der Waals surface area (Å²) < 4.78 is 19.4. The molecule has 4 rings (SSSR count).